The van der Waals surface area contributed by atoms with E-state index in [0.29, 0.717) is 25.0 Å². The number of aromatic nitrogens is 2. The van der Waals surface area contributed by atoms with Crippen molar-refractivity contribution in [2.75, 3.05) is 7.11 Å². The molecule has 0 saturated heterocycles. The number of hydrogen-bond donors (Lipinski definition) is 0. The highest BCUT2D eigenvalue weighted by molar-refractivity contribution is 14.2. The molecule has 1 saturated carbocycles. The average Bonchev–Trinajstić information content (AvgIpc) is 3.10. The second-order valence-corrected chi connectivity index (χ2v) is 6.49. The van der Waals surface area contributed by atoms with Crippen molar-refractivity contribution in [3.63, 3.8) is 0 Å². The minimum Gasteiger partial charge on any atom is -0.476 e. The molecular formula is C12H12IN2O3P. The zero-order chi connectivity index (χ0) is 13.5. The number of ether oxygens (including phenoxy) is 2. The molecule has 100 valence electrons. The molecule has 3 rings (SSSR count). The van der Waals surface area contributed by atoms with Crippen LogP contribution in [0.1, 0.15) is 12.8 Å². The van der Waals surface area contributed by atoms with Gasteiger partial charge in [0, 0.05) is 18.2 Å². The van der Waals surface area contributed by atoms with Gasteiger partial charge in [0.25, 0.3) is 0 Å². The van der Waals surface area contributed by atoms with Crippen LogP contribution >= 0.6 is 28.4 Å². The van der Waals surface area contributed by atoms with E-state index in [9.17, 15) is 4.79 Å². The minimum absolute atomic E-state index is 0.294. The molecule has 2 aromatic rings. The number of esters is 1. The zero-order valence-corrected chi connectivity index (χ0v) is 13.4. The quantitative estimate of drug-likeness (QED) is 0.458. The molecule has 1 aliphatic carbocycles. The normalized spacial score (nSPS) is 16.9. The van der Waals surface area contributed by atoms with E-state index >= 15 is 0 Å². The molecule has 7 heteroatoms. The Hall–Kier alpha value is -0.880. The Morgan fingerprint density at radius 2 is 2.32 bits per heavy atom. The van der Waals surface area contributed by atoms with Crippen LogP contribution in [0.2, 0.25) is 0 Å². The number of carbonyl (C=O) groups is 1. The minimum atomic E-state index is -0.760. The lowest BCUT2D eigenvalue weighted by Gasteiger charge is -2.15. The first kappa shape index (κ1) is 13.1. The summed E-state index contributed by atoms with van der Waals surface area (Å²) >= 11 is 2.29. The molecule has 1 heterocycles. The van der Waals surface area contributed by atoms with Gasteiger partial charge in [0.05, 0.1) is 25.2 Å². The van der Waals surface area contributed by atoms with Crippen molar-refractivity contribution >= 4 is 45.3 Å². The van der Waals surface area contributed by atoms with Crippen LogP contribution < -0.4 is 4.74 Å². The lowest BCUT2D eigenvalue weighted by Crippen LogP contribution is -2.30. The second-order valence-electron chi connectivity index (χ2n) is 4.45. The molecular weight excluding hydrogens is 378 g/mol. The third-order valence-electron chi connectivity index (χ3n) is 3.19. The number of methoxy groups -OCH3 is 1. The first-order valence-corrected chi connectivity index (χ1v) is 9.86. The smallest absolute Gasteiger partial charge is 0.350 e. The second kappa shape index (κ2) is 4.90. The summed E-state index contributed by atoms with van der Waals surface area (Å²) in [6.45, 7) is 0. The zero-order valence-electron chi connectivity index (χ0n) is 10.2. The first-order valence-electron chi connectivity index (χ1n) is 5.80. The van der Waals surface area contributed by atoms with Crippen molar-refractivity contribution in [3.8, 4) is 5.75 Å². The van der Waals surface area contributed by atoms with Crippen molar-refractivity contribution in [2.24, 2.45) is 0 Å². The van der Waals surface area contributed by atoms with Crippen LogP contribution in [0.4, 0.5) is 0 Å². The van der Waals surface area contributed by atoms with E-state index in [2.05, 4.69) is 27.1 Å². The third kappa shape index (κ3) is 2.31. The predicted molar refractivity (Wildman–Crippen MR) is 82.1 cm³/mol. The third-order valence-corrected chi connectivity index (χ3v) is 5.08. The van der Waals surface area contributed by atoms with Crippen LogP contribution in [0.15, 0.2) is 24.4 Å². The van der Waals surface area contributed by atoms with E-state index in [1.54, 1.807) is 0 Å². The van der Waals surface area contributed by atoms with Crippen LogP contribution in [0.3, 0.4) is 0 Å². The molecule has 1 fully saturated rings. The Labute approximate surface area is 125 Å². The van der Waals surface area contributed by atoms with Crippen LogP contribution in [-0.4, -0.2) is 28.2 Å². The summed E-state index contributed by atoms with van der Waals surface area (Å²) in [5, 5.41) is 5.31. The Bertz CT molecular complexity index is 639. The summed E-state index contributed by atoms with van der Waals surface area (Å²) < 4.78 is 12.5. The summed E-state index contributed by atoms with van der Waals surface area (Å²) in [6, 6.07) is 5.76. The number of nitrogens with zero attached hydrogens (tertiary/aromatic N) is 2. The van der Waals surface area contributed by atoms with E-state index in [4.69, 9.17) is 9.47 Å². The fourth-order valence-corrected chi connectivity index (χ4v) is 3.56. The number of hydrogen-bond acceptors (Lipinski definition) is 4. The molecule has 0 N–H and O–H groups in total. The Kier molecular flexibility index (Phi) is 3.39. The Balaban J connectivity index is 1.88. The van der Waals surface area contributed by atoms with Crippen LogP contribution in [0, 0.1) is 0 Å². The maximum absolute atomic E-state index is 11.7. The van der Waals surface area contributed by atoms with Crippen molar-refractivity contribution in [1.29, 1.82) is 0 Å². The van der Waals surface area contributed by atoms with Crippen molar-refractivity contribution in [3.05, 3.63) is 24.4 Å². The van der Waals surface area contributed by atoms with Crippen LogP contribution in [0.25, 0.3) is 10.9 Å². The molecule has 1 aromatic carbocycles. The summed E-state index contributed by atoms with van der Waals surface area (Å²) in [6.07, 6.45) is 3.80. The number of fused-ring (bicyclic) bond motifs is 1. The van der Waals surface area contributed by atoms with E-state index < -0.39 is 5.60 Å². The van der Waals surface area contributed by atoms with Gasteiger partial charge in [0.1, 0.15) is 5.75 Å². The maximum atomic E-state index is 11.7. The van der Waals surface area contributed by atoms with E-state index in [-0.39, 0.29) is 5.97 Å². The Morgan fingerprint density at radius 3 is 2.95 bits per heavy atom. The van der Waals surface area contributed by atoms with Gasteiger partial charge in [-0.3, -0.25) is 0 Å². The van der Waals surface area contributed by atoms with Gasteiger partial charge in [-0.2, -0.15) is 5.10 Å². The molecule has 5 nitrogen and oxygen atoms in total. The standard InChI is InChI=1S/C12H12IN2O3P/c1-17-11(16)12(4-5-12)18-9-2-3-10-8(6-9)7-14-15(10)19-13/h2-3,6-7,19H,4-5H2,1H3. The highest BCUT2D eigenvalue weighted by Crippen LogP contribution is 2.42. The van der Waals surface area contributed by atoms with Crippen molar-refractivity contribution in [1.82, 2.24) is 9.55 Å². The molecule has 1 aliphatic rings. The fraction of sp³-hybridized carbons (Fsp3) is 0.333. The Morgan fingerprint density at radius 1 is 1.53 bits per heavy atom. The predicted octanol–water partition coefficient (Wildman–Crippen LogP) is 2.91. The van der Waals surface area contributed by atoms with Crippen LogP contribution in [0.5, 0.6) is 5.75 Å². The highest BCUT2D eigenvalue weighted by Gasteiger charge is 2.54. The monoisotopic (exact) mass is 390 g/mol. The van der Waals surface area contributed by atoms with Gasteiger partial charge in [0.2, 0.25) is 5.60 Å². The number of benzene rings is 1. The molecule has 1 atom stereocenters. The van der Waals surface area contributed by atoms with Crippen LogP contribution in [-0.2, 0) is 9.53 Å². The fourth-order valence-electron chi connectivity index (χ4n) is 2.01. The van der Waals surface area contributed by atoms with Gasteiger partial charge >= 0.3 is 5.97 Å². The largest absolute Gasteiger partial charge is 0.476 e. The van der Waals surface area contributed by atoms with E-state index in [0.717, 1.165) is 10.9 Å². The molecule has 1 aromatic heterocycles. The van der Waals surface area contributed by atoms with Gasteiger partial charge < -0.3 is 9.47 Å². The molecule has 0 amide bonds. The summed E-state index contributed by atoms with van der Waals surface area (Å²) in [5.74, 6) is 0.392. The topological polar surface area (TPSA) is 53.4 Å². The summed E-state index contributed by atoms with van der Waals surface area (Å²) in [7, 11) is 1.39. The maximum Gasteiger partial charge on any atom is 0.350 e. The lowest BCUT2D eigenvalue weighted by atomic mass is 10.2. The molecule has 0 aliphatic heterocycles. The first-order chi connectivity index (χ1) is 9.18. The molecule has 19 heavy (non-hydrogen) atoms. The lowest BCUT2D eigenvalue weighted by molar-refractivity contribution is -0.151. The summed E-state index contributed by atoms with van der Waals surface area (Å²) in [4.78, 5) is 11.7. The van der Waals surface area contributed by atoms with Gasteiger partial charge in [-0.1, -0.05) is 0 Å². The number of halogens is 1. The van der Waals surface area contributed by atoms with Gasteiger partial charge in [-0.05, 0) is 40.2 Å². The molecule has 0 spiro atoms. The van der Waals surface area contributed by atoms with E-state index in [1.807, 2.05) is 28.8 Å². The average molecular weight is 390 g/mol. The van der Waals surface area contributed by atoms with Gasteiger partial charge in [0.15, 0.2) is 0 Å². The number of carbonyl (C=O) groups excluding carboxylic acids is 1. The summed E-state index contributed by atoms with van der Waals surface area (Å²) in [5.41, 5.74) is 0.312. The highest BCUT2D eigenvalue weighted by atomic mass is 127. The van der Waals surface area contributed by atoms with Crippen molar-refractivity contribution in [2.45, 2.75) is 18.4 Å². The SMILES string of the molecule is COC(=O)C1(Oc2ccc3c(cnn3PI)c2)CC1. The van der Waals surface area contributed by atoms with Crippen molar-refractivity contribution < 1.29 is 14.3 Å². The molecule has 1 unspecified atom stereocenters. The van der Waals surface area contributed by atoms with Gasteiger partial charge in [-0.25, -0.2) is 9.25 Å². The number of rotatable bonds is 4. The van der Waals surface area contributed by atoms with E-state index in [1.165, 1.54) is 7.11 Å². The molecule has 0 bridgehead atoms. The van der Waals surface area contributed by atoms with Gasteiger partial charge in [-0.15, -0.1) is 0 Å². The molecule has 0 radical (unpaired) electrons.